The largest absolute Gasteiger partial charge is 0.444 e. The van der Waals surface area contributed by atoms with Gasteiger partial charge in [-0.25, -0.2) is 4.79 Å². The van der Waals surface area contributed by atoms with E-state index in [2.05, 4.69) is 10.0 Å². The molecule has 1 aliphatic rings. The lowest BCUT2D eigenvalue weighted by atomic mass is 10.1. The van der Waals surface area contributed by atoms with Crippen molar-refractivity contribution in [1.82, 2.24) is 4.90 Å². The van der Waals surface area contributed by atoms with Gasteiger partial charge < -0.3 is 14.7 Å². The fraction of sp³-hybridized carbons (Fsp3) is 0.900. The van der Waals surface area contributed by atoms with Gasteiger partial charge in [0, 0.05) is 11.0 Å². The summed E-state index contributed by atoms with van der Waals surface area (Å²) in [5, 5.41) is 13.2. The van der Waals surface area contributed by atoms with Crippen LogP contribution in [0, 0.1) is 0 Å². The normalized spacial score (nSPS) is 28.8. The van der Waals surface area contributed by atoms with Crippen molar-refractivity contribution in [2.75, 3.05) is 6.54 Å². The average Bonchev–Trinajstić information content (AvgIpc) is 2.43. The first kappa shape index (κ1) is 13.6. The molecular weight excluding hydrogens is 224 g/mol. The molecule has 1 rings (SSSR count). The predicted octanol–water partition coefficient (Wildman–Crippen LogP) is 1.67. The first-order chi connectivity index (χ1) is 7.76. The molecule has 3 unspecified atom stereocenters. The number of ether oxygens (including phenoxy) is 1. The standard InChI is InChI=1S/C10H18N4O3/c1-6-8(12-13-11)7(15)5-14(6)9(16)17-10(2,3)4/h6-8,15H,5H2,1-4H3. The lowest BCUT2D eigenvalue weighted by Gasteiger charge is -2.27. The lowest BCUT2D eigenvalue weighted by molar-refractivity contribution is 0.0218. The minimum Gasteiger partial charge on any atom is -0.444 e. The Kier molecular flexibility index (Phi) is 3.85. The number of nitrogens with zero attached hydrogens (tertiary/aromatic N) is 4. The van der Waals surface area contributed by atoms with Gasteiger partial charge in [0.1, 0.15) is 5.60 Å². The van der Waals surface area contributed by atoms with Crippen LogP contribution in [-0.2, 0) is 4.74 Å². The highest BCUT2D eigenvalue weighted by atomic mass is 16.6. The third kappa shape index (κ3) is 3.25. The van der Waals surface area contributed by atoms with E-state index in [1.165, 1.54) is 4.90 Å². The van der Waals surface area contributed by atoms with Crippen LogP contribution in [0.4, 0.5) is 4.79 Å². The first-order valence-corrected chi connectivity index (χ1v) is 5.48. The Balaban J connectivity index is 2.74. The number of aliphatic hydroxyl groups is 1. The van der Waals surface area contributed by atoms with Gasteiger partial charge >= 0.3 is 6.09 Å². The second-order valence-corrected chi connectivity index (χ2v) is 5.14. The second-order valence-electron chi connectivity index (χ2n) is 5.14. The molecule has 1 saturated heterocycles. The number of β-amino-alcohol motifs (C(OH)–C–C–N with tert-alkyl or cyclic N) is 1. The van der Waals surface area contributed by atoms with E-state index in [1.807, 2.05) is 0 Å². The van der Waals surface area contributed by atoms with E-state index in [9.17, 15) is 9.90 Å². The van der Waals surface area contributed by atoms with Crippen molar-refractivity contribution < 1.29 is 14.6 Å². The number of hydrogen-bond acceptors (Lipinski definition) is 4. The van der Waals surface area contributed by atoms with Gasteiger partial charge in [0.05, 0.1) is 18.7 Å². The SMILES string of the molecule is CC1C(N=[N+]=[N-])C(O)CN1C(=O)OC(C)(C)C. The molecule has 1 aliphatic heterocycles. The summed E-state index contributed by atoms with van der Waals surface area (Å²) in [6.45, 7) is 7.16. The highest BCUT2D eigenvalue weighted by Crippen LogP contribution is 2.23. The van der Waals surface area contributed by atoms with Gasteiger partial charge in [0.15, 0.2) is 0 Å². The molecular formula is C10H18N4O3. The Hall–Kier alpha value is -1.46. The van der Waals surface area contributed by atoms with Gasteiger partial charge in [0.2, 0.25) is 0 Å². The first-order valence-electron chi connectivity index (χ1n) is 5.48. The van der Waals surface area contributed by atoms with Gasteiger partial charge in [-0.15, -0.1) is 0 Å². The highest BCUT2D eigenvalue weighted by molar-refractivity contribution is 5.69. The summed E-state index contributed by atoms with van der Waals surface area (Å²) in [6, 6.07) is -0.983. The zero-order valence-corrected chi connectivity index (χ0v) is 10.5. The van der Waals surface area contributed by atoms with E-state index in [0.29, 0.717) is 0 Å². The van der Waals surface area contributed by atoms with Crippen molar-refractivity contribution in [2.45, 2.75) is 51.5 Å². The average molecular weight is 242 g/mol. The summed E-state index contributed by atoms with van der Waals surface area (Å²) in [5.41, 5.74) is 7.80. The molecule has 0 aromatic heterocycles. The molecule has 0 radical (unpaired) electrons. The minimum absolute atomic E-state index is 0.125. The number of likely N-dealkylation sites (tertiary alicyclic amines) is 1. The van der Waals surface area contributed by atoms with Gasteiger partial charge in [-0.05, 0) is 33.2 Å². The van der Waals surface area contributed by atoms with Crippen molar-refractivity contribution in [3.05, 3.63) is 10.4 Å². The van der Waals surface area contributed by atoms with Crippen molar-refractivity contribution in [3.8, 4) is 0 Å². The number of aliphatic hydroxyl groups excluding tert-OH is 1. The fourth-order valence-electron chi connectivity index (χ4n) is 1.78. The van der Waals surface area contributed by atoms with E-state index in [4.69, 9.17) is 10.3 Å². The van der Waals surface area contributed by atoms with Crippen LogP contribution in [0.1, 0.15) is 27.7 Å². The number of rotatable bonds is 1. The van der Waals surface area contributed by atoms with Crippen LogP contribution in [0.3, 0.4) is 0 Å². The van der Waals surface area contributed by atoms with E-state index in [0.717, 1.165) is 0 Å². The summed E-state index contributed by atoms with van der Waals surface area (Å²) in [6.07, 6.45) is -1.34. The Morgan fingerprint density at radius 1 is 1.59 bits per heavy atom. The quantitative estimate of drug-likeness (QED) is 0.430. The van der Waals surface area contributed by atoms with Crippen molar-refractivity contribution in [3.63, 3.8) is 0 Å². The summed E-state index contributed by atoms with van der Waals surface area (Å²) < 4.78 is 5.21. The third-order valence-electron chi connectivity index (χ3n) is 2.58. The molecule has 0 saturated carbocycles. The maximum Gasteiger partial charge on any atom is 0.410 e. The Bertz CT molecular complexity index is 346. The fourth-order valence-corrected chi connectivity index (χ4v) is 1.78. The molecule has 0 bridgehead atoms. The van der Waals surface area contributed by atoms with Crippen LogP contribution in [0.5, 0.6) is 0 Å². The smallest absolute Gasteiger partial charge is 0.410 e. The lowest BCUT2D eigenvalue weighted by Crippen LogP contribution is -2.40. The van der Waals surface area contributed by atoms with E-state index in [-0.39, 0.29) is 12.6 Å². The Labute approximate surface area is 100.0 Å². The summed E-state index contributed by atoms with van der Waals surface area (Å²) >= 11 is 0. The Morgan fingerprint density at radius 2 is 2.18 bits per heavy atom. The predicted molar refractivity (Wildman–Crippen MR) is 61.3 cm³/mol. The molecule has 3 atom stereocenters. The third-order valence-corrected chi connectivity index (χ3v) is 2.58. The van der Waals surface area contributed by atoms with Gasteiger partial charge in [-0.2, -0.15) is 0 Å². The highest BCUT2D eigenvalue weighted by Gasteiger charge is 2.41. The molecule has 0 aromatic carbocycles. The number of hydrogen-bond donors (Lipinski definition) is 1. The number of azide groups is 1. The summed E-state index contributed by atoms with van der Waals surface area (Å²) in [4.78, 5) is 15.9. The van der Waals surface area contributed by atoms with Crippen molar-refractivity contribution in [2.24, 2.45) is 5.11 Å². The summed E-state index contributed by atoms with van der Waals surface area (Å²) in [7, 11) is 0. The van der Waals surface area contributed by atoms with E-state index >= 15 is 0 Å². The van der Waals surface area contributed by atoms with E-state index in [1.54, 1.807) is 27.7 Å². The van der Waals surface area contributed by atoms with Gasteiger partial charge in [-0.3, -0.25) is 0 Å². The van der Waals surface area contributed by atoms with Crippen molar-refractivity contribution in [1.29, 1.82) is 0 Å². The Morgan fingerprint density at radius 3 is 2.65 bits per heavy atom. The molecule has 0 spiro atoms. The molecule has 0 aromatic rings. The molecule has 17 heavy (non-hydrogen) atoms. The molecule has 7 nitrogen and oxygen atoms in total. The number of carbonyl (C=O) groups excluding carboxylic acids is 1. The van der Waals surface area contributed by atoms with Crippen LogP contribution < -0.4 is 0 Å². The van der Waals surface area contributed by atoms with Crippen molar-refractivity contribution >= 4 is 6.09 Å². The second kappa shape index (κ2) is 4.81. The molecule has 96 valence electrons. The molecule has 1 N–H and O–H groups in total. The van der Waals surface area contributed by atoms with Crippen LogP contribution in [0.25, 0.3) is 10.4 Å². The molecule has 0 aliphatic carbocycles. The van der Waals surface area contributed by atoms with E-state index < -0.39 is 23.8 Å². The maximum absolute atomic E-state index is 11.8. The van der Waals surface area contributed by atoms with Crippen LogP contribution in [0.15, 0.2) is 5.11 Å². The maximum atomic E-state index is 11.8. The van der Waals surface area contributed by atoms with Gasteiger partial charge in [-0.1, -0.05) is 5.11 Å². The topological polar surface area (TPSA) is 98.5 Å². The zero-order chi connectivity index (χ0) is 13.2. The monoisotopic (exact) mass is 242 g/mol. The zero-order valence-electron chi connectivity index (χ0n) is 10.5. The van der Waals surface area contributed by atoms with Crippen LogP contribution >= 0.6 is 0 Å². The van der Waals surface area contributed by atoms with Crippen LogP contribution in [-0.4, -0.2) is 46.4 Å². The van der Waals surface area contributed by atoms with Crippen LogP contribution in [0.2, 0.25) is 0 Å². The summed E-state index contributed by atoms with van der Waals surface area (Å²) in [5.74, 6) is 0. The molecule has 1 amide bonds. The minimum atomic E-state index is -0.839. The molecule has 1 fully saturated rings. The number of carbonyl (C=O) groups is 1. The molecule has 7 heteroatoms. The van der Waals surface area contributed by atoms with Gasteiger partial charge in [0.25, 0.3) is 0 Å². The molecule has 1 heterocycles. The number of amides is 1.